The summed E-state index contributed by atoms with van der Waals surface area (Å²) in [5.41, 5.74) is 1.69. The van der Waals surface area contributed by atoms with Gasteiger partial charge < -0.3 is 10.2 Å². The number of anilines is 1. The lowest BCUT2D eigenvalue weighted by Crippen LogP contribution is -2.41. The second kappa shape index (κ2) is 9.77. The summed E-state index contributed by atoms with van der Waals surface area (Å²) in [5.74, 6) is -0.267. The van der Waals surface area contributed by atoms with Gasteiger partial charge >= 0.3 is 0 Å². The molecule has 0 aliphatic carbocycles. The summed E-state index contributed by atoms with van der Waals surface area (Å²) >= 11 is 13.2. The lowest BCUT2D eigenvalue weighted by Gasteiger charge is -2.31. The normalized spacial score (nSPS) is 14.5. The zero-order valence-corrected chi connectivity index (χ0v) is 18.9. The Labute approximate surface area is 194 Å². The molecule has 31 heavy (non-hydrogen) atoms. The number of hydrogen-bond acceptors (Lipinski definition) is 5. The van der Waals surface area contributed by atoms with Gasteiger partial charge in [0.25, 0.3) is 5.91 Å². The van der Waals surface area contributed by atoms with Crippen LogP contribution in [-0.2, 0) is 11.2 Å². The summed E-state index contributed by atoms with van der Waals surface area (Å²) < 4.78 is 0. The van der Waals surface area contributed by atoms with E-state index in [1.54, 1.807) is 29.2 Å². The fraction of sp³-hybridized carbons (Fsp3) is 0.273. The van der Waals surface area contributed by atoms with Crippen molar-refractivity contribution in [3.63, 3.8) is 0 Å². The summed E-state index contributed by atoms with van der Waals surface area (Å²) in [5, 5.41) is 13.7. The first-order valence-corrected chi connectivity index (χ1v) is 11.5. The first kappa shape index (κ1) is 21.7. The fourth-order valence-electron chi connectivity index (χ4n) is 3.48. The molecule has 1 aliphatic heterocycles. The Morgan fingerprint density at radius 2 is 1.58 bits per heavy atom. The van der Waals surface area contributed by atoms with E-state index in [2.05, 4.69) is 15.5 Å². The number of hydrogen-bond donors (Lipinski definition) is 1. The third-order valence-corrected chi connectivity index (χ3v) is 6.55. The highest BCUT2D eigenvalue weighted by Crippen LogP contribution is 2.24. The Kier molecular flexibility index (Phi) is 6.85. The van der Waals surface area contributed by atoms with Gasteiger partial charge in [-0.3, -0.25) is 9.59 Å². The van der Waals surface area contributed by atoms with E-state index >= 15 is 0 Å². The molecule has 1 fully saturated rings. The predicted molar refractivity (Wildman–Crippen MR) is 123 cm³/mol. The summed E-state index contributed by atoms with van der Waals surface area (Å²) in [7, 11) is 0. The van der Waals surface area contributed by atoms with Gasteiger partial charge in [-0.2, -0.15) is 0 Å². The van der Waals surface area contributed by atoms with Crippen molar-refractivity contribution in [1.29, 1.82) is 0 Å². The highest BCUT2D eigenvalue weighted by Gasteiger charge is 2.28. The van der Waals surface area contributed by atoms with E-state index in [1.165, 1.54) is 11.3 Å². The van der Waals surface area contributed by atoms with Gasteiger partial charge in [0.1, 0.15) is 5.01 Å². The molecule has 1 saturated heterocycles. The van der Waals surface area contributed by atoms with E-state index in [9.17, 15) is 9.59 Å². The number of likely N-dealkylation sites (tertiary alicyclic amines) is 1. The molecular formula is C22H20Cl2N4O2S. The number of carbonyl (C=O) groups excluding carboxylic acids is 2. The summed E-state index contributed by atoms with van der Waals surface area (Å²) in [6.07, 6.45) is 1.86. The molecular weight excluding hydrogens is 455 g/mol. The first-order valence-electron chi connectivity index (χ1n) is 9.90. The zero-order chi connectivity index (χ0) is 21.8. The van der Waals surface area contributed by atoms with Crippen LogP contribution < -0.4 is 5.32 Å². The van der Waals surface area contributed by atoms with Gasteiger partial charge in [-0.1, -0.05) is 46.7 Å². The Hall–Kier alpha value is -2.48. The van der Waals surface area contributed by atoms with Crippen LogP contribution in [0.1, 0.15) is 33.8 Å². The van der Waals surface area contributed by atoms with E-state index in [0.29, 0.717) is 53.1 Å². The molecule has 1 aliphatic rings. The number of nitrogens with zero attached hydrogens (tertiary/aromatic N) is 3. The van der Waals surface area contributed by atoms with Crippen LogP contribution in [0.15, 0.2) is 48.5 Å². The molecule has 6 nitrogen and oxygen atoms in total. The van der Waals surface area contributed by atoms with Crippen LogP contribution in [0.5, 0.6) is 0 Å². The standard InChI is InChI=1S/C22H20Cl2N4O2S/c23-17-5-1-14(2-6-17)13-19-26-27-22(31-19)25-20(29)15-9-11-28(12-10-15)21(30)16-3-7-18(24)8-4-16/h1-8,15H,9-13H2,(H,25,27,29). The van der Waals surface area contributed by atoms with Crippen LogP contribution in [0.3, 0.4) is 0 Å². The number of amides is 2. The molecule has 4 rings (SSSR count). The van der Waals surface area contributed by atoms with Crippen LogP contribution in [0, 0.1) is 5.92 Å². The van der Waals surface area contributed by atoms with Crippen LogP contribution in [0.4, 0.5) is 5.13 Å². The molecule has 2 heterocycles. The van der Waals surface area contributed by atoms with Crippen molar-refractivity contribution in [2.24, 2.45) is 5.92 Å². The van der Waals surface area contributed by atoms with Gasteiger partial charge in [0.15, 0.2) is 0 Å². The number of halogens is 2. The smallest absolute Gasteiger partial charge is 0.253 e. The lowest BCUT2D eigenvalue weighted by atomic mass is 9.95. The third-order valence-electron chi connectivity index (χ3n) is 5.21. The van der Waals surface area contributed by atoms with E-state index < -0.39 is 0 Å². The molecule has 2 aromatic carbocycles. The van der Waals surface area contributed by atoms with Crippen molar-refractivity contribution >= 4 is 51.5 Å². The number of piperidine rings is 1. The van der Waals surface area contributed by atoms with Gasteiger partial charge in [0.2, 0.25) is 11.0 Å². The lowest BCUT2D eigenvalue weighted by molar-refractivity contribution is -0.121. The van der Waals surface area contributed by atoms with Gasteiger partial charge in [-0.05, 0) is 54.8 Å². The van der Waals surface area contributed by atoms with E-state index in [0.717, 1.165) is 10.6 Å². The van der Waals surface area contributed by atoms with Crippen molar-refractivity contribution < 1.29 is 9.59 Å². The molecule has 0 radical (unpaired) electrons. The van der Waals surface area contributed by atoms with Crippen molar-refractivity contribution in [3.8, 4) is 0 Å². The molecule has 3 aromatic rings. The van der Waals surface area contributed by atoms with Gasteiger partial charge in [0.05, 0.1) is 0 Å². The van der Waals surface area contributed by atoms with Gasteiger partial charge in [-0.25, -0.2) is 0 Å². The SMILES string of the molecule is O=C(Nc1nnc(Cc2ccc(Cl)cc2)s1)C1CCN(C(=O)c2ccc(Cl)cc2)CC1. The molecule has 160 valence electrons. The average Bonchev–Trinajstić information content (AvgIpc) is 3.22. The summed E-state index contributed by atoms with van der Waals surface area (Å²) in [6.45, 7) is 1.08. The monoisotopic (exact) mass is 474 g/mol. The Morgan fingerprint density at radius 1 is 0.968 bits per heavy atom. The number of rotatable bonds is 5. The quantitative estimate of drug-likeness (QED) is 0.568. The summed E-state index contributed by atoms with van der Waals surface area (Å²) in [6, 6.07) is 14.4. The Morgan fingerprint density at radius 3 is 2.23 bits per heavy atom. The van der Waals surface area contributed by atoms with Crippen molar-refractivity contribution in [3.05, 3.63) is 74.7 Å². The second-order valence-electron chi connectivity index (χ2n) is 7.37. The molecule has 9 heteroatoms. The average molecular weight is 475 g/mol. The first-order chi connectivity index (χ1) is 15.0. The van der Waals surface area contributed by atoms with E-state index in [4.69, 9.17) is 23.2 Å². The third kappa shape index (κ3) is 5.61. The van der Waals surface area contributed by atoms with Crippen LogP contribution in [-0.4, -0.2) is 40.0 Å². The number of benzene rings is 2. The minimum absolute atomic E-state index is 0.0357. The molecule has 1 aromatic heterocycles. The maximum Gasteiger partial charge on any atom is 0.253 e. The number of nitrogens with one attached hydrogen (secondary N) is 1. The number of aromatic nitrogens is 2. The molecule has 1 N–H and O–H groups in total. The Balaban J connectivity index is 1.28. The largest absolute Gasteiger partial charge is 0.339 e. The number of carbonyl (C=O) groups is 2. The molecule has 0 bridgehead atoms. The van der Waals surface area contributed by atoms with Crippen molar-refractivity contribution in [2.75, 3.05) is 18.4 Å². The van der Waals surface area contributed by atoms with Crippen molar-refractivity contribution in [1.82, 2.24) is 15.1 Å². The molecule has 0 unspecified atom stereocenters. The highest BCUT2D eigenvalue weighted by molar-refractivity contribution is 7.15. The van der Waals surface area contributed by atoms with Gasteiger partial charge in [-0.15, -0.1) is 10.2 Å². The fourth-order valence-corrected chi connectivity index (χ4v) is 4.51. The van der Waals surface area contributed by atoms with Crippen molar-refractivity contribution in [2.45, 2.75) is 19.3 Å². The Bertz CT molecular complexity index is 1060. The van der Waals surface area contributed by atoms with E-state index in [1.807, 2.05) is 24.3 Å². The summed E-state index contributed by atoms with van der Waals surface area (Å²) in [4.78, 5) is 27.0. The zero-order valence-electron chi connectivity index (χ0n) is 16.6. The molecule has 0 saturated carbocycles. The van der Waals surface area contributed by atoms with Gasteiger partial charge in [0, 0.05) is 41.0 Å². The second-order valence-corrected chi connectivity index (χ2v) is 9.30. The maximum absolute atomic E-state index is 12.7. The van der Waals surface area contributed by atoms with Crippen LogP contribution in [0.25, 0.3) is 0 Å². The molecule has 0 spiro atoms. The topological polar surface area (TPSA) is 75.2 Å². The minimum atomic E-state index is -0.155. The predicted octanol–water partition coefficient (Wildman–Crippen LogP) is 4.93. The van der Waals surface area contributed by atoms with Crippen LogP contribution >= 0.6 is 34.5 Å². The highest BCUT2D eigenvalue weighted by atomic mass is 35.5. The van der Waals surface area contributed by atoms with Crippen LogP contribution in [0.2, 0.25) is 10.0 Å². The van der Waals surface area contributed by atoms with E-state index in [-0.39, 0.29) is 17.7 Å². The molecule has 2 amide bonds. The molecule has 0 atom stereocenters. The maximum atomic E-state index is 12.7. The minimum Gasteiger partial charge on any atom is -0.339 e.